The van der Waals surface area contributed by atoms with Crippen LogP contribution in [0.4, 0.5) is 0 Å². The summed E-state index contributed by atoms with van der Waals surface area (Å²) in [4.78, 5) is 19.3. The molecule has 0 unspecified atom stereocenters. The predicted molar refractivity (Wildman–Crippen MR) is 106 cm³/mol. The first-order valence-corrected chi connectivity index (χ1v) is 9.87. The van der Waals surface area contributed by atoms with Crippen LogP contribution in [0.1, 0.15) is 60.6 Å². The van der Waals surface area contributed by atoms with Crippen molar-refractivity contribution in [2.45, 2.75) is 38.5 Å². The standard InChI is InChI=1S/C21H25N5O3/c1-14(2)19-23-20(29-24-19)15-8-10-25(11-9-15)21(27)16-12-22-26(13-16)17-6-4-5-7-18(17)28-3/h4-7,12-15H,8-11H2,1-3H3. The van der Waals surface area contributed by atoms with E-state index in [4.69, 9.17) is 9.26 Å². The highest BCUT2D eigenvalue weighted by Crippen LogP contribution is 2.29. The van der Waals surface area contributed by atoms with Gasteiger partial charge < -0.3 is 14.2 Å². The Morgan fingerprint density at radius 1 is 1.24 bits per heavy atom. The van der Waals surface area contributed by atoms with E-state index in [9.17, 15) is 4.79 Å². The molecule has 0 bridgehead atoms. The third-order valence-corrected chi connectivity index (χ3v) is 5.27. The summed E-state index contributed by atoms with van der Waals surface area (Å²) in [7, 11) is 1.62. The van der Waals surface area contributed by atoms with Crippen LogP contribution < -0.4 is 4.74 Å². The first kappa shape index (κ1) is 19.2. The highest BCUT2D eigenvalue weighted by molar-refractivity contribution is 5.93. The number of hydrogen-bond donors (Lipinski definition) is 0. The average Bonchev–Trinajstić information content (AvgIpc) is 3.43. The van der Waals surface area contributed by atoms with Gasteiger partial charge in [0.2, 0.25) is 5.89 Å². The number of carbonyl (C=O) groups is 1. The molecule has 152 valence electrons. The van der Waals surface area contributed by atoms with E-state index in [2.05, 4.69) is 15.2 Å². The second-order valence-electron chi connectivity index (χ2n) is 7.56. The third kappa shape index (κ3) is 3.87. The Labute approximate surface area is 169 Å². The Morgan fingerprint density at radius 3 is 2.69 bits per heavy atom. The predicted octanol–water partition coefficient (Wildman–Crippen LogP) is 3.41. The second-order valence-corrected chi connectivity index (χ2v) is 7.56. The summed E-state index contributed by atoms with van der Waals surface area (Å²) < 4.78 is 12.5. The lowest BCUT2D eigenvalue weighted by molar-refractivity contribution is 0.0704. The lowest BCUT2D eigenvalue weighted by Gasteiger charge is -2.30. The summed E-state index contributed by atoms with van der Waals surface area (Å²) in [6.07, 6.45) is 4.98. The van der Waals surface area contributed by atoms with Crippen LogP contribution in [0.5, 0.6) is 5.75 Å². The Bertz CT molecular complexity index is 986. The number of benzene rings is 1. The SMILES string of the molecule is COc1ccccc1-n1cc(C(=O)N2CCC(c3nc(C(C)C)no3)CC2)cn1. The highest BCUT2D eigenvalue weighted by atomic mass is 16.5. The fourth-order valence-corrected chi connectivity index (χ4v) is 3.54. The molecular weight excluding hydrogens is 370 g/mol. The van der Waals surface area contributed by atoms with Gasteiger partial charge in [-0.15, -0.1) is 0 Å². The van der Waals surface area contributed by atoms with E-state index in [-0.39, 0.29) is 17.7 Å². The lowest BCUT2D eigenvalue weighted by atomic mass is 9.96. The van der Waals surface area contributed by atoms with E-state index in [0.717, 1.165) is 24.4 Å². The number of piperidine rings is 1. The van der Waals surface area contributed by atoms with E-state index < -0.39 is 0 Å². The van der Waals surface area contributed by atoms with Gasteiger partial charge in [-0.1, -0.05) is 31.1 Å². The van der Waals surface area contributed by atoms with Crippen molar-refractivity contribution < 1.29 is 14.1 Å². The zero-order valence-electron chi connectivity index (χ0n) is 16.9. The van der Waals surface area contributed by atoms with Crippen LogP contribution in [0.3, 0.4) is 0 Å². The summed E-state index contributed by atoms with van der Waals surface area (Å²) >= 11 is 0. The van der Waals surface area contributed by atoms with Crippen molar-refractivity contribution in [2.24, 2.45) is 0 Å². The van der Waals surface area contributed by atoms with E-state index >= 15 is 0 Å². The van der Waals surface area contributed by atoms with E-state index in [1.54, 1.807) is 24.2 Å². The van der Waals surface area contributed by atoms with E-state index in [0.29, 0.717) is 30.3 Å². The molecule has 3 heterocycles. The molecule has 1 amide bonds. The van der Waals surface area contributed by atoms with Crippen LogP contribution in [-0.4, -0.2) is 50.9 Å². The molecule has 8 nitrogen and oxygen atoms in total. The molecule has 1 aliphatic heterocycles. The first-order chi connectivity index (χ1) is 14.1. The van der Waals surface area contributed by atoms with Crippen molar-refractivity contribution in [1.82, 2.24) is 24.8 Å². The Kier molecular flexibility index (Phi) is 5.33. The molecule has 1 aromatic carbocycles. The largest absolute Gasteiger partial charge is 0.494 e. The molecule has 29 heavy (non-hydrogen) atoms. The van der Waals surface area contributed by atoms with Crippen molar-refractivity contribution in [3.63, 3.8) is 0 Å². The van der Waals surface area contributed by atoms with Gasteiger partial charge >= 0.3 is 0 Å². The van der Waals surface area contributed by atoms with Gasteiger partial charge in [0.1, 0.15) is 11.4 Å². The Balaban J connectivity index is 1.42. The highest BCUT2D eigenvalue weighted by Gasteiger charge is 2.29. The summed E-state index contributed by atoms with van der Waals surface area (Å²) in [5, 5.41) is 8.40. The molecule has 0 atom stereocenters. The maximum absolute atomic E-state index is 12.9. The molecule has 0 spiro atoms. The van der Waals surface area contributed by atoms with Crippen molar-refractivity contribution in [1.29, 1.82) is 0 Å². The molecule has 0 saturated carbocycles. The van der Waals surface area contributed by atoms with Gasteiger partial charge in [0, 0.05) is 31.1 Å². The maximum atomic E-state index is 12.9. The molecule has 1 aliphatic rings. The molecule has 0 N–H and O–H groups in total. The number of carbonyl (C=O) groups excluding carboxylic acids is 1. The Hall–Kier alpha value is -3.16. The summed E-state index contributed by atoms with van der Waals surface area (Å²) in [6.45, 7) is 5.40. The molecule has 0 radical (unpaired) electrons. The van der Waals surface area contributed by atoms with Crippen molar-refractivity contribution in [3.8, 4) is 11.4 Å². The number of nitrogens with zero attached hydrogens (tertiary/aromatic N) is 5. The molecule has 8 heteroatoms. The van der Waals surface area contributed by atoms with Crippen LogP contribution >= 0.6 is 0 Å². The van der Waals surface area contributed by atoms with Crippen molar-refractivity contribution in [2.75, 3.05) is 20.2 Å². The summed E-state index contributed by atoms with van der Waals surface area (Å²) in [5.41, 5.74) is 1.36. The fourth-order valence-electron chi connectivity index (χ4n) is 3.54. The van der Waals surface area contributed by atoms with Gasteiger partial charge in [-0.05, 0) is 25.0 Å². The van der Waals surface area contributed by atoms with Crippen LogP contribution in [0.15, 0.2) is 41.2 Å². The number of ether oxygens (including phenoxy) is 1. The maximum Gasteiger partial charge on any atom is 0.257 e. The van der Waals surface area contributed by atoms with E-state index in [1.165, 1.54) is 0 Å². The van der Waals surface area contributed by atoms with Crippen molar-refractivity contribution in [3.05, 3.63) is 53.9 Å². The molecular formula is C21H25N5O3. The molecule has 3 aromatic rings. The van der Waals surface area contributed by atoms with Crippen LogP contribution in [0, 0.1) is 0 Å². The lowest BCUT2D eigenvalue weighted by Crippen LogP contribution is -2.37. The molecule has 0 aliphatic carbocycles. The Morgan fingerprint density at radius 2 is 2.00 bits per heavy atom. The number of para-hydroxylation sites is 2. The van der Waals surface area contributed by atoms with Gasteiger partial charge in [-0.2, -0.15) is 10.1 Å². The normalized spacial score (nSPS) is 15.1. The van der Waals surface area contributed by atoms with Gasteiger partial charge in [-0.3, -0.25) is 4.79 Å². The summed E-state index contributed by atoms with van der Waals surface area (Å²) in [5.74, 6) is 2.56. The van der Waals surface area contributed by atoms with Crippen LogP contribution in [0.2, 0.25) is 0 Å². The number of methoxy groups -OCH3 is 1. The molecule has 1 saturated heterocycles. The zero-order valence-corrected chi connectivity index (χ0v) is 16.9. The summed E-state index contributed by atoms with van der Waals surface area (Å²) in [6, 6.07) is 7.58. The average molecular weight is 395 g/mol. The topological polar surface area (TPSA) is 86.3 Å². The van der Waals surface area contributed by atoms with Gasteiger partial charge in [0.25, 0.3) is 5.91 Å². The molecule has 2 aromatic heterocycles. The van der Waals surface area contributed by atoms with E-state index in [1.807, 2.05) is 43.0 Å². The first-order valence-electron chi connectivity index (χ1n) is 9.87. The minimum absolute atomic E-state index is 0.0157. The number of likely N-dealkylation sites (tertiary alicyclic amines) is 1. The van der Waals surface area contributed by atoms with Gasteiger partial charge in [0.15, 0.2) is 5.82 Å². The third-order valence-electron chi connectivity index (χ3n) is 5.27. The number of rotatable bonds is 5. The van der Waals surface area contributed by atoms with Crippen LogP contribution in [-0.2, 0) is 0 Å². The smallest absolute Gasteiger partial charge is 0.257 e. The number of amides is 1. The second kappa shape index (κ2) is 8.06. The number of hydrogen-bond acceptors (Lipinski definition) is 6. The molecule has 4 rings (SSSR count). The fraction of sp³-hybridized carbons (Fsp3) is 0.429. The van der Waals surface area contributed by atoms with Gasteiger partial charge in [0.05, 0.1) is 18.9 Å². The molecule has 1 fully saturated rings. The van der Waals surface area contributed by atoms with Crippen LogP contribution in [0.25, 0.3) is 5.69 Å². The number of aromatic nitrogens is 4. The quantitative estimate of drug-likeness (QED) is 0.658. The minimum atomic E-state index is -0.0157. The monoisotopic (exact) mass is 395 g/mol. The van der Waals surface area contributed by atoms with Crippen molar-refractivity contribution >= 4 is 5.91 Å². The zero-order chi connectivity index (χ0) is 20.4. The minimum Gasteiger partial charge on any atom is -0.494 e. The van der Waals surface area contributed by atoms with Gasteiger partial charge in [-0.25, -0.2) is 4.68 Å².